The predicted octanol–water partition coefficient (Wildman–Crippen LogP) is 2.88. The second-order valence-electron chi connectivity index (χ2n) is 5.92. The number of methoxy groups -OCH3 is 1. The zero-order valence-electron chi connectivity index (χ0n) is 13.4. The topological polar surface area (TPSA) is 52.9 Å². The van der Waals surface area contributed by atoms with Gasteiger partial charge in [0, 0.05) is 24.7 Å². The third-order valence-electron chi connectivity index (χ3n) is 4.61. The molecule has 122 valence electrons. The van der Waals surface area contributed by atoms with Gasteiger partial charge in [-0.1, -0.05) is 36.4 Å². The summed E-state index contributed by atoms with van der Waals surface area (Å²) in [6.45, 7) is 1.27. The number of nitrogens with zero attached hydrogens (tertiary/aromatic N) is 1. The SMILES string of the molecule is COc1cccc(CN(CCO)C2CCc3ccccc32)c1O. The minimum absolute atomic E-state index is 0.101. The summed E-state index contributed by atoms with van der Waals surface area (Å²) in [4.78, 5) is 2.24. The van der Waals surface area contributed by atoms with Crippen LogP contribution in [0.2, 0.25) is 0 Å². The van der Waals surface area contributed by atoms with E-state index < -0.39 is 0 Å². The zero-order valence-corrected chi connectivity index (χ0v) is 13.4. The Kier molecular flexibility index (Phi) is 4.84. The van der Waals surface area contributed by atoms with Crippen LogP contribution in [-0.4, -0.2) is 35.4 Å². The number of para-hydroxylation sites is 1. The van der Waals surface area contributed by atoms with E-state index in [1.165, 1.54) is 11.1 Å². The molecule has 0 radical (unpaired) electrons. The van der Waals surface area contributed by atoms with E-state index in [0.29, 0.717) is 18.8 Å². The van der Waals surface area contributed by atoms with E-state index in [2.05, 4.69) is 29.2 Å². The Labute approximate surface area is 136 Å². The maximum Gasteiger partial charge on any atom is 0.162 e. The number of aryl methyl sites for hydroxylation is 1. The van der Waals surface area contributed by atoms with Crippen molar-refractivity contribution in [2.75, 3.05) is 20.3 Å². The van der Waals surface area contributed by atoms with Gasteiger partial charge >= 0.3 is 0 Å². The Morgan fingerprint density at radius 2 is 2.00 bits per heavy atom. The Bertz CT molecular complexity index is 671. The molecule has 0 bridgehead atoms. The number of benzene rings is 2. The largest absolute Gasteiger partial charge is 0.504 e. The molecule has 23 heavy (non-hydrogen) atoms. The minimum atomic E-state index is 0.101. The predicted molar refractivity (Wildman–Crippen MR) is 89.7 cm³/mol. The molecule has 4 heteroatoms. The molecular formula is C19H23NO3. The van der Waals surface area contributed by atoms with Gasteiger partial charge in [0.25, 0.3) is 0 Å². The second-order valence-corrected chi connectivity index (χ2v) is 5.92. The van der Waals surface area contributed by atoms with Crippen LogP contribution in [0, 0.1) is 0 Å². The average Bonchev–Trinajstić information content (AvgIpc) is 3.00. The quantitative estimate of drug-likeness (QED) is 0.861. The van der Waals surface area contributed by atoms with Gasteiger partial charge in [-0.25, -0.2) is 0 Å². The molecule has 1 unspecified atom stereocenters. The van der Waals surface area contributed by atoms with Crippen molar-refractivity contribution < 1.29 is 14.9 Å². The molecule has 1 aliphatic rings. The van der Waals surface area contributed by atoms with Crippen LogP contribution >= 0.6 is 0 Å². The lowest BCUT2D eigenvalue weighted by Gasteiger charge is -2.29. The van der Waals surface area contributed by atoms with Crippen LogP contribution in [0.5, 0.6) is 11.5 Å². The molecule has 0 aliphatic heterocycles. The Hall–Kier alpha value is -2.04. The molecule has 0 aromatic heterocycles. The average molecular weight is 313 g/mol. The number of fused-ring (bicyclic) bond motifs is 1. The monoisotopic (exact) mass is 313 g/mol. The molecular weight excluding hydrogens is 290 g/mol. The van der Waals surface area contributed by atoms with E-state index in [-0.39, 0.29) is 18.4 Å². The van der Waals surface area contributed by atoms with Gasteiger partial charge in [0.1, 0.15) is 0 Å². The van der Waals surface area contributed by atoms with Gasteiger partial charge < -0.3 is 14.9 Å². The van der Waals surface area contributed by atoms with Crippen LogP contribution in [0.4, 0.5) is 0 Å². The first-order valence-corrected chi connectivity index (χ1v) is 8.02. The highest BCUT2D eigenvalue weighted by atomic mass is 16.5. The van der Waals surface area contributed by atoms with Gasteiger partial charge in [0.2, 0.25) is 0 Å². The number of ether oxygens (including phenoxy) is 1. The van der Waals surface area contributed by atoms with Gasteiger partial charge in [-0.2, -0.15) is 0 Å². The van der Waals surface area contributed by atoms with Crippen LogP contribution in [0.15, 0.2) is 42.5 Å². The number of rotatable bonds is 6. The summed E-state index contributed by atoms with van der Waals surface area (Å²) in [6, 6.07) is 14.3. The molecule has 4 nitrogen and oxygen atoms in total. The minimum Gasteiger partial charge on any atom is -0.504 e. The summed E-state index contributed by atoms with van der Waals surface area (Å²) in [5.41, 5.74) is 3.54. The lowest BCUT2D eigenvalue weighted by atomic mass is 10.1. The first-order valence-electron chi connectivity index (χ1n) is 8.02. The third-order valence-corrected chi connectivity index (χ3v) is 4.61. The van der Waals surface area contributed by atoms with Gasteiger partial charge in [-0.3, -0.25) is 4.90 Å². The van der Waals surface area contributed by atoms with E-state index in [0.717, 1.165) is 18.4 Å². The van der Waals surface area contributed by atoms with Crippen molar-refractivity contribution in [3.8, 4) is 11.5 Å². The molecule has 2 aromatic carbocycles. The van der Waals surface area contributed by atoms with Crippen molar-refractivity contribution in [2.45, 2.75) is 25.4 Å². The number of phenolic OH excluding ortho intramolecular Hbond substituents is 1. The van der Waals surface area contributed by atoms with Crippen LogP contribution in [-0.2, 0) is 13.0 Å². The molecule has 2 N–H and O–H groups in total. The number of phenols is 1. The fraction of sp³-hybridized carbons (Fsp3) is 0.368. The molecule has 0 fully saturated rings. The lowest BCUT2D eigenvalue weighted by Crippen LogP contribution is -2.30. The van der Waals surface area contributed by atoms with Gasteiger partial charge in [0.05, 0.1) is 13.7 Å². The summed E-state index contributed by atoms with van der Waals surface area (Å²) in [5.74, 6) is 0.669. The fourth-order valence-corrected chi connectivity index (χ4v) is 3.47. The van der Waals surface area contributed by atoms with E-state index in [1.807, 2.05) is 12.1 Å². The summed E-state index contributed by atoms with van der Waals surface area (Å²) in [6.07, 6.45) is 2.11. The summed E-state index contributed by atoms with van der Waals surface area (Å²) < 4.78 is 5.19. The first kappa shape index (κ1) is 15.8. The van der Waals surface area contributed by atoms with E-state index in [9.17, 15) is 10.2 Å². The summed E-state index contributed by atoms with van der Waals surface area (Å²) >= 11 is 0. The normalized spacial score (nSPS) is 16.6. The summed E-state index contributed by atoms with van der Waals surface area (Å²) in [5, 5.41) is 19.8. The summed E-state index contributed by atoms with van der Waals surface area (Å²) in [7, 11) is 1.55. The molecule has 0 amide bonds. The third kappa shape index (κ3) is 3.19. The van der Waals surface area contributed by atoms with Crippen molar-refractivity contribution in [1.82, 2.24) is 4.90 Å². The lowest BCUT2D eigenvalue weighted by molar-refractivity contribution is 0.141. The maximum atomic E-state index is 10.3. The molecule has 0 heterocycles. The number of hydrogen-bond acceptors (Lipinski definition) is 4. The standard InChI is InChI=1S/C19H23NO3/c1-23-18-8-4-6-15(19(18)22)13-20(11-12-21)17-10-9-14-5-2-3-7-16(14)17/h2-8,17,21-22H,9-13H2,1H3. The molecule has 2 aromatic rings. The molecule has 0 saturated heterocycles. The van der Waals surface area contributed by atoms with Crippen LogP contribution < -0.4 is 4.74 Å². The molecule has 0 saturated carbocycles. The molecule has 1 aliphatic carbocycles. The van der Waals surface area contributed by atoms with Crippen molar-refractivity contribution >= 4 is 0 Å². The van der Waals surface area contributed by atoms with Gasteiger partial charge in [0.15, 0.2) is 11.5 Å². The van der Waals surface area contributed by atoms with Crippen molar-refractivity contribution in [1.29, 1.82) is 0 Å². The van der Waals surface area contributed by atoms with Crippen molar-refractivity contribution in [3.63, 3.8) is 0 Å². The Morgan fingerprint density at radius 3 is 2.78 bits per heavy atom. The number of aromatic hydroxyl groups is 1. The van der Waals surface area contributed by atoms with E-state index in [1.54, 1.807) is 13.2 Å². The highest BCUT2D eigenvalue weighted by Crippen LogP contribution is 2.38. The molecule has 1 atom stereocenters. The van der Waals surface area contributed by atoms with E-state index in [4.69, 9.17) is 4.74 Å². The van der Waals surface area contributed by atoms with Crippen LogP contribution in [0.3, 0.4) is 0 Å². The maximum absolute atomic E-state index is 10.3. The number of aliphatic hydroxyl groups is 1. The zero-order chi connectivity index (χ0) is 16.2. The highest BCUT2D eigenvalue weighted by Gasteiger charge is 2.28. The molecule has 3 rings (SSSR count). The molecule has 0 spiro atoms. The number of hydrogen-bond donors (Lipinski definition) is 2. The Morgan fingerprint density at radius 1 is 1.17 bits per heavy atom. The van der Waals surface area contributed by atoms with Gasteiger partial charge in [-0.05, 0) is 30.0 Å². The Balaban J connectivity index is 1.86. The van der Waals surface area contributed by atoms with Crippen molar-refractivity contribution in [2.24, 2.45) is 0 Å². The number of aliphatic hydroxyl groups excluding tert-OH is 1. The van der Waals surface area contributed by atoms with Crippen molar-refractivity contribution in [3.05, 3.63) is 59.2 Å². The van der Waals surface area contributed by atoms with Crippen LogP contribution in [0.1, 0.15) is 29.2 Å². The highest BCUT2D eigenvalue weighted by molar-refractivity contribution is 5.45. The van der Waals surface area contributed by atoms with E-state index >= 15 is 0 Å². The van der Waals surface area contributed by atoms with Gasteiger partial charge in [-0.15, -0.1) is 0 Å². The smallest absolute Gasteiger partial charge is 0.162 e. The fourth-order valence-electron chi connectivity index (χ4n) is 3.47. The van der Waals surface area contributed by atoms with Crippen LogP contribution in [0.25, 0.3) is 0 Å². The first-order chi connectivity index (χ1) is 11.2. The second kappa shape index (κ2) is 7.02.